The summed E-state index contributed by atoms with van der Waals surface area (Å²) in [6.45, 7) is 0. The topological polar surface area (TPSA) is 82.8 Å². The number of rotatable bonds is 4. The first-order chi connectivity index (χ1) is 14.7. The average molecular weight is 420 g/mol. The van der Waals surface area contributed by atoms with E-state index in [4.69, 9.17) is 21.8 Å². The van der Waals surface area contributed by atoms with E-state index in [-0.39, 0.29) is 0 Å². The standard InChI is InChI=1S/C23H22ClN5O/c24-20-9-5-4-8-18(20)21-13-27-23(30-21)19-10-15(11-26-22(19)25)16-12-28-29(14-16)17-6-2-1-3-7-17/h4-5,8-14,17H,1-3,6-7H2,(H2,25,26). The van der Waals surface area contributed by atoms with Gasteiger partial charge in [0.1, 0.15) is 5.82 Å². The molecule has 0 atom stereocenters. The lowest BCUT2D eigenvalue weighted by Crippen LogP contribution is -2.12. The van der Waals surface area contributed by atoms with Crippen molar-refractivity contribution in [1.29, 1.82) is 0 Å². The minimum atomic E-state index is 0.367. The number of nitrogen functional groups attached to an aromatic ring is 1. The van der Waals surface area contributed by atoms with Crippen molar-refractivity contribution in [3.05, 3.63) is 60.1 Å². The Morgan fingerprint density at radius 1 is 0.967 bits per heavy atom. The molecule has 3 heterocycles. The zero-order valence-electron chi connectivity index (χ0n) is 16.5. The summed E-state index contributed by atoms with van der Waals surface area (Å²) in [6.07, 6.45) is 13.6. The van der Waals surface area contributed by atoms with Crippen LogP contribution in [-0.2, 0) is 0 Å². The molecule has 0 saturated heterocycles. The number of pyridine rings is 1. The maximum Gasteiger partial charge on any atom is 0.230 e. The highest BCUT2D eigenvalue weighted by Gasteiger charge is 2.18. The Morgan fingerprint density at radius 2 is 1.80 bits per heavy atom. The quantitative estimate of drug-likeness (QED) is 0.438. The number of aromatic nitrogens is 4. The van der Waals surface area contributed by atoms with E-state index >= 15 is 0 Å². The molecule has 7 heteroatoms. The fraction of sp³-hybridized carbons (Fsp3) is 0.261. The van der Waals surface area contributed by atoms with Crippen molar-refractivity contribution in [2.75, 3.05) is 5.73 Å². The molecule has 1 saturated carbocycles. The van der Waals surface area contributed by atoms with Crippen molar-refractivity contribution in [2.24, 2.45) is 0 Å². The van der Waals surface area contributed by atoms with Gasteiger partial charge in [0.2, 0.25) is 5.89 Å². The Kier molecular flexibility index (Phi) is 5.01. The van der Waals surface area contributed by atoms with Crippen LogP contribution in [0.3, 0.4) is 0 Å². The van der Waals surface area contributed by atoms with Crippen LogP contribution in [0.1, 0.15) is 38.1 Å². The molecule has 1 fully saturated rings. The number of oxazole rings is 1. The predicted molar refractivity (Wildman–Crippen MR) is 118 cm³/mol. The zero-order chi connectivity index (χ0) is 20.5. The highest BCUT2D eigenvalue weighted by molar-refractivity contribution is 6.33. The molecule has 0 bridgehead atoms. The number of hydrogen-bond donors (Lipinski definition) is 1. The van der Waals surface area contributed by atoms with Gasteiger partial charge in [-0.3, -0.25) is 4.68 Å². The van der Waals surface area contributed by atoms with Crippen molar-refractivity contribution < 1.29 is 4.42 Å². The third-order valence-corrected chi connectivity index (χ3v) is 6.01. The van der Waals surface area contributed by atoms with Gasteiger partial charge in [0.25, 0.3) is 0 Å². The molecule has 4 aromatic rings. The van der Waals surface area contributed by atoms with Crippen LogP contribution in [0.2, 0.25) is 5.02 Å². The summed E-state index contributed by atoms with van der Waals surface area (Å²) in [4.78, 5) is 8.78. The number of benzene rings is 1. The molecule has 0 amide bonds. The third-order valence-electron chi connectivity index (χ3n) is 5.68. The van der Waals surface area contributed by atoms with E-state index in [9.17, 15) is 0 Å². The molecule has 152 valence electrons. The summed E-state index contributed by atoms with van der Waals surface area (Å²) >= 11 is 6.28. The molecule has 3 aromatic heterocycles. The average Bonchev–Trinajstić information content (AvgIpc) is 3.45. The first-order valence-electron chi connectivity index (χ1n) is 10.2. The van der Waals surface area contributed by atoms with Gasteiger partial charge in [0.05, 0.1) is 29.0 Å². The van der Waals surface area contributed by atoms with Crippen molar-refractivity contribution in [1.82, 2.24) is 19.7 Å². The molecule has 1 aliphatic carbocycles. The summed E-state index contributed by atoms with van der Waals surface area (Å²) in [5, 5.41) is 5.21. The Balaban J connectivity index is 1.46. The minimum Gasteiger partial charge on any atom is -0.436 e. The van der Waals surface area contributed by atoms with Crippen LogP contribution in [0.15, 0.2) is 59.5 Å². The molecule has 0 aliphatic heterocycles. The van der Waals surface area contributed by atoms with Crippen molar-refractivity contribution in [2.45, 2.75) is 38.1 Å². The number of halogens is 1. The van der Waals surface area contributed by atoms with Crippen LogP contribution >= 0.6 is 11.6 Å². The molecule has 1 aromatic carbocycles. The van der Waals surface area contributed by atoms with E-state index in [1.54, 1.807) is 12.4 Å². The zero-order valence-corrected chi connectivity index (χ0v) is 17.2. The summed E-state index contributed by atoms with van der Waals surface area (Å²) in [6, 6.07) is 9.93. The lowest BCUT2D eigenvalue weighted by molar-refractivity contribution is 0.329. The van der Waals surface area contributed by atoms with E-state index in [0.29, 0.717) is 34.1 Å². The highest BCUT2D eigenvalue weighted by atomic mass is 35.5. The Labute approximate surface area is 179 Å². The minimum absolute atomic E-state index is 0.367. The Bertz CT molecular complexity index is 1180. The molecular formula is C23H22ClN5O. The first-order valence-corrected chi connectivity index (χ1v) is 10.6. The van der Waals surface area contributed by atoms with Crippen LogP contribution in [0.4, 0.5) is 5.82 Å². The summed E-state index contributed by atoms with van der Waals surface area (Å²) in [7, 11) is 0. The fourth-order valence-corrected chi connectivity index (χ4v) is 4.25. The summed E-state index contributed by atoms with van der Waals surface area (Å²) in [5.41, 5.74) is 9.51. The van der Waals surface area contributed by atoms with Crippen molar-refractivity contribution in [3.63, 3.8) is 0 Å². The lowest BCUT2D eigenvalue weighted by Gasteiger charge is -2.21. The number of nitrogens with zero attached hydrogens (tertiary/aromatic N) is 4. The smallest absolute Gasteiger partial charge is 0.230 e. The van der Waals surface area contributed by atoms with Crippen LogP contribution in [0, 0.1) is 0 Å². The second-order valence-electron chi connectivity index (χ2n) is 7.67. The molecule has 2 N–H and O–H groups in total. The molecule has 5 rings (SSSR count). The van der Waals surface area contributed by atoms with Crippen LogP contribution in [-0.4, -0.2) is 19.7 Å². The van der Waals surface area contributed by atoms with E-state index in [1.807, 2.05) is 36.5 Å². The molecule has 0 radical (unpaired) electrons. The number of hydrogen-bond acceptors (Lipinski definition) is 5. The second-order valence-corrected chi connectivity index (χ2v) is 8.07. The van der Waals surface area contributed by atoms with E-state index in [2.05, 4.69) is 25.9 Å². The molecule has 0 spiro atoms. The monoisotopic (exact) mass is 419 g/mol. The normalized spacial score (nSPS) is 14.8. The van der Waals surface area contributed by atoms with Gasteiger partial charge in [-0.2, -0.15) is 5.10 Å². The van der Waals surface area contributed by atoms with Gasteiger partial charge in [-0.25, -0.2) is 9.97 Å². The van der Waals surface area contributed by atoms with Gasteiger partial charge in [-0.05, 0) is 31.0 Å². The van der Waals surface area contributed by atoms with E-state index in [0.717, 1.165) is 16.7 Å². The van der Waals surface area contributed by atoms with Crippen LogP contribution < -0.4 is 5.73 Å². The highest BCUT2D eigenvalue weighted by Crippen LogP contribution is 2.34. The second kappa shape index (κ2) is 7.95. The van der Waals surface area contributed by atoms with E-state index < -0.39 is 0 Å². The molecular weight excluding hydrogens is 398 g/mol. The molecule has 1 aliphatic rings. The largest absolute Gasteiger partial charge is 0.436 e. The molecule has 30 heavy (non-hydrogen) atoms. The summed E-state index contributed by atoms with van der Waals surface area (Å²) in [5.74, 6) is 1.37. The van der Waals surface area contributed by atoms with Gasteiger partial charge < -0.3 is 10.2 Å². The van der Waals surface area contributed by atoms with Crippen LogP contribution in [0.25, 0.3) is 33.9 Å². The number of anilines is 1. The molecule has 6 nitrogen and oxygen atoms in total. The van der Waals surface area contributed by atoms with Crippen molar-refractivity contribution in [3.8, 4) is 33.9 Å². The van der Waals surface area contributed by atoms with Gasteiger partial charge in [0, 0.05) is 29.1 Å². The van der Waals surface area contributed by atoms with Gasteiger partial charge in [-0.1, -0.05) is 43.0 Å². The van der Waals surface area contributed by atoms with Gasteiger partial charge >= 0.3 is 0 Å². The summed E-state index contributed by atoms with van der Waals surface area (Å²) < 4.78 is 8.06. The molecule has 0 unspecified atom stereocenters. The van der Waals surface area contributed by atoms with Crippen molar-refractivity contribution >= 4 is 17.4 Å². The van der Waals surface area contributed by atoms with Gasteiger partial charge in [-0.15, -0.1) is 0 Å². The van der Waals surface area contributed by atoms with Crippen LogP contribution in [0.5, 0.6) is 0 Å². The van der Waals surface area contributed by atoms with E-state index in [1.165, 1.54) is 32.1 Å². The Morgan fingerprint density at radius 3 is 2.63 bits per heavy atom. The van der Waals surface area contributed by atoms with Gasteiger partial charge in [0.15, 0.2) is 5.76 Å². The first kappa shape index (κ1) is 18.9. The third kappa shape index (κ3) is 3.59. The lowest BCUT2D eigenvalue weighted by atomic mass is 9.96. The maximum absolute atomic E-state index is 6.28. The number of nitrogens with two attached hydrogens (primary N) is 1. The Hall–Kier alpha value is -3.12. The maximum atomic E-state index is 6.28. The predicted octanol–water partition coefficient (Wildman–Crippen LogP) is 6.01. The fourth-order valence-electron chi connectivity index (χ4n) is 4.02. The SMILES string of the molecule is Nc1ncc(-c2cnn(C3CCCCC3)c2)cc1-c1ncc(-c2ccccc2Cl)o1.